The number of nitriles is 1. The lowest BCUT2D eigenvalue weighted by Crippen LogP contribution is -2.33. The summed E-state index contributed by atoms with van der Waals surface area (Å²) in [6, 6.07) is 16.6. The smallest absolute Gasteiger partial charge is 0.103 e. The lowest BCUT2D eigenvalue weighted by atomic mass is 9.95. The maximum Gasteiger partial charge on any atom is 0.103 e. The van der Waals surface area contributed by atoms with E-state index in [4.69, 9.17) is 11.6 Å². The molecule has 2 nitrogen and oxygen atoms in total. The van der Waals surface area contributed by atoms with Gasteiger partial charge >= 0.3 is 0 Å². The zero-order valence-corrected chi connectivity index (χ0v) is 12.1. The summed E-state index contributed by atoms with van der Waals surface area (Å²) in [6.07, 6.45) is 2.16. The van der Waals surface area contributed by atoms with Gasteiger partial charge in [-0.2, -0.15) is 5.26 Å². The molecule has 3 rings (SSSR count). The summed E-state index contributed by atoms with van der Waals surface area (Å²) >= 11 is 6.17. The number of fused-ring (bicyclic) bond motifs is 1. The van der Waals surface area contributed by atoms with Gasteiger partial charge in [0.25, 0.3) is 0 Å². The molecule has 0 radical (unpaired) electrons. The second kappa shape index (κ2) is 5.19. The highest BCUT2D eigenvalue weighted by Crippen LogP contribution is 2.39. The first-order valence-corrected chi connectivity index (χ1v) is 7.16. The lowest BCUT2D eigenvalue weighted by molar-refractivity contribution is 0.618. The Kier molecular flexibility index (Phi) is 3.38. The Morgan fingerprint density at radius 2 is 1.90 bits per heavy atom. The Morgan fingerprint density at radius 1 is 1.15 bits per heavy atom. The molecule has 0 N–H and O–H groups in total. The lowest BCUT2D eigenvalue weighted by Gasteiger charge is -2.37. The largest absolute Gasteiger partial charge is 0.337 e. The van der Waals surface area contributed by atoms with Gasteiger partial charge in [-0.05, 0) is 43.5 Å². The molecule has 1 heterocycles. The Morgan fingerprint density at radius 3 is 2.70 bits per heavy atom. The van der Waals surface area contributed by atoms with Crippen molar-refractivity contribution in [3.05, 3.63) is 58.6 Å². The standard InChI is InChI=1S/C17H15ClN2/c1-12-9-10-13-5-2-3-7-16(13)20(12)17-8-4-6-15(18)14(17)11-19/h2-8,12H,9-10H2,1H3. The molecule has 2 aromatic rings. The molecule has 20 heavy (non-hydrogen) atoms. The molecule has 100 valence electrons. The van der Waals surface area contributed by atoms with Gasteiger partial charge in [-0.15, -0.1) is 0 Å². The summed E-state index contributed by atoms with van der Waals surface area (Å²) in [4.78, 5) is 2.24. The summed E-state index contributed by atoms with van der Waals surface area (Å²) in [6.45, 7) is 2.19. The first-order valence-electron chi connectivity index (χ1n) is 6.78. The molecule has 2 aromatic carbocycles. The van der Waals surface area contributed by atoms with Crippen LogP contribution >= 0.6 is 11.6 Å². The van der Waals surface area contributed by atoms with E-state index in [1.807, 2.05) is 18.2 Å². The molecular formula is C17H15ClN2. The van der Waals surface area contributed by atoms with E-state index in [2.05, 4.69) is 36.1 Å². The molecule has 0 saturated carbocycles. The zero-order chi connectivity index (χ0) is 14.1. The maximum atomic E-state index is 9.40. The highest BCUT2D eigenvalue weighted by atomic mass is 35.5. The van der Waals surface area contributed by atoms with E-state index in [-0.39, 0.29) is 0 Å². The van der Waals surface area contributed by atoms with E-state index in [1.165, 1.54) is 11.3 Å². The highest BCUT2D eigenvalue weighted by molar-refractivity contribution is 6.32. The second-order valence-electron chi connectivity index (χ2n) is 5.13. The normalized spacial score (nSPS) is 17.4. The van der Waals surface area contributed by atoms with Gasteiger partial charge in [0.15, 0.2) is 0 Å². The van der Waals surface area contributed by atoms with Gasteiger partial charge < -0.3 is 4.90 Å². The fraction of sp³-hybridized carbons (Fsp3) is 0.235. The van der Waals surface area contributed by atoms with E-state index in [9.17, 15) is 5.26 Å². The third-order valence-electron chi connectivity index (χ3n) is 3.89. The van der Waals surface area contributed by atoms with E-state index < -0.39 is 0 Å². The molecule has 3 heteroatoms. The molecule has 0 fully saturated rings. The number of para-hydroxylation sites is 1. The van der Waals surface area contributed by atoms with Crippen LogP contribution in [-0.2, 0) is 6.42 Å². The SMILES string of the molecule is CC1CCc2ccccc2N1c1cccc(Cl)c1C#N. The van der Waals surface area contributed by atoms with Crippen molar-refractivity contribution in [1.29, 1.82) is 5.26 Å². The van der Waals surface area contributed by atoms with Gasteiger partial charge in [-0.3, -0.25) is 0 Å². The molecule has 0 saturated heterocycles. The zero-order valence-electron chi connectivity index (χ0n) is 11.3. The topological polar surface area (TPSA) is 27.0 Å². The number of benzene rings is 2. The second-order valence-corrected chi connectivity index (χ2v) is 5.54. The molecule has 1 atom stereocenters. The number of nitrogens with zero attached hydrogens (tertiary/aromatic N) is 2. The fourth-order valence-electron chi connectivity index (χ4n) is 2.88. The third kappa shape index (κ3) is 2.05. The van der Waals surface area contributed by atoms with Crippen molar-refractivity contribution < 1.29 is 0 Å². The average molecular weight is 283 g/mol. The van der Waals surface area contributed by atoms with E-state index in [1.54, 1.807) is 6.07 Å². The minimum absolute atomic E-state index is 0.357. The van der Waals surface area contributed by atoms with Crippen molar-refractivity contribution in [2.75, 3.05) is 4.90 Å². The summed E-state index contributed by atoms with van der Waals surface area (Å²) < 4.78 is 0. The Bertz CT molecular complexity index is 688. The van der Waals surface area contributed by atoms with E-state index in [0.29, 0.717) is 16.6 Å². The van der Waals surface area contributed by atoms with Crippen molar-refractivity contribution in [3.63, 3.8) is 0 Å². The number of anilines is 2. The number of rotatable bonds is 1. The molecular weight excluding hydrogens is 268 g/mol. The van der Waals surface area contributed by atoms with Crippen LogP contribution in [0.1, 0.15) is 24.5 Å². The molecule has 1 aliphatic rings. The van der Waals surface area contributed by atoms with Crippen LogP contribution in [0.5, 0.6) is 0 Å². The van der Waals surface area contributed by atoms with Crippen LogP contribution in [0.15, 0.2) is 42.5 Å². The fourth-order valence-corrected chi connectivity index (χ4v) is 3.09. The molecule has 1 aliphatic heterocycles. The number of aryl methyl sites for hydroxylation is 1. The monoisotopic (exact) mass is 282 g/mol. The third-order valence-corrected chi connectivity index (χ3v) is 4.20. The Balaban J connectivity index is 2.20. The van der Waals surface area contributed by atoms with Crippen molar-refractivity contribution >= 4 is 23.0 Å². The minimum Gasteiger partial charge on any atom is -0.337 e. The van der Waals surface area contributed by atoms with Crippen LogP contribution in [-0.4, -0.2) is 6.04 Å². The molecule has 0 amide bonds. The van der Waals surface area contributed by atoms with Crippen molar-refractivity contribution in [2.45, 2.75) is 25.8 Å². The molecule has 1 unspecified atom stereocenters. The van der Waals surface area contributed by atoms with Gasteiger partial charge in [0.05, 0.1) is 16.3 Å². The number of hydrogen-bond acceptors (Lipinski definition) is 2. The van der Waals surface area contributed by atoms with Gasteiger partial charge in [-0.25, -0.2) is 0 Å². The molecule has 0 spiro atoms. The van der Waals surface area contributed by atoms with Crippen LogP contribution in [0.3, 0.4) is 0 Å². The van der Waals surface area contributed by atoms with Crippen LogP contribution in [0.4, 0.5) is 11.4 Å². The highest BCUT2D eigenvalue weighted by Gasteiger charge is 2.26. The average Bonchev–Trinajstić information content (AvgIpc) is 2.47. The van der Waals surface area contributed by atoms with Gasteiger partial charge in [-0.1, -0.05) is 35.9 Å². The number of halogens is 1. The summed E-state index contributed by atoms with van der Waals surface area (Å²) in [5.74, 6) is 0. The first kappa shape index (κ1) is 13.0. The van der Waals surface area contributed by atoms with Gasteiger partial charge in [0.1, 0.15) is 6.07 Å². The Labute approximate surface area is 124 Å². The van der Waals surface area contributed by atoms with Crippen LogP contribution < -0.4 is 4.90 Å². The molecule has 0 aliphatic carbocycles. The van der Waals surface area contributed by atoms with Crippen molar-refractivity contribution in [2.24, 2.45) is 0 Å². The predicted molar refractivity (Wildman–Crippen MR) is 82.5 cm³/mol. The number of hydrogen-bond donors (Lipinski definition) is 0. The summed E-state index contributed by atoms with van der Waals surface area (Å²) in [5, 5.41) is 9.92. The summed E-state index contributed by atoms with van der Waals surface area (Å²) in [5.41, 5.74) is 3.97. The summed E-state index contributed by atoms with van der Waals surface area (Å²) in [7, 11) is 0. The quantitative estimate of drug-likeness (QED) is 0.759. The van der Waals surface area contributed by atoms with Crippen molar-refractivity contribution in [3.8, 4) is 6.07 Å². The van der Waals surface area contributed by atoms with Crippen molar-refractivity contribution in [1.82, 2.24) is 0 Å². The Hall–Kier alpha value is -1.98. The van der Waals surface area contributed by atoms with Crippen LogP contribution in [0.25, 0.3) is 0 Å². The van der Waals surface area contributed by atoms with E-state index in [0.717, 1.165) is 18.5 Å². The predicted octanol–water partition coefficient (Wildman–Crippen LogP) is 4.68. The van der Waals surface area contributed by atoms with Gasteiger partial charge in [0.2, 0.25) is 0 Å². The maximum absolute atomic E-state index is 9.40. The van der Waals surface area contributed by atoms with Gasteiger partial charge in [0, 0.05) is 11.7 Å². The van der Waals surface area contributed by atoms with E-state index >= 15 is 0 Å². The first-order chi connectivity index (χ1) is 9.72. The molecule has 0 bridgehead atoms. The molecule has 0 aromatic heterocycles. The minimum atomic E-state index is 0.357. The van der Waals surface area contributed by atoms with Crippen LogP contribution in [0.2, 0.25) is 5.02 Å². The van der Waals surface area contributed by atoms with Crippen LogP contribution in [0, 0.1) is 11.3 Å².